The van der Waals surface area contributed by atoms with Gasteiger partial charge in [-0.05, 0) is 32.0 Å². The monoisotopic (exact) mass is 358 g/mol. The number of benzene rings is 1. The predicted octanol–water partition coefficient (Wildman–Crippen LogP) is 3.56. The molecule has 130 valence electrons. The Kier molecular flexibility index (Phi) is 3.88. The van der Waals surface area contributed by atoms with Crippen LogP contribution in [0.4, 0.5) is 5.13 Å². The molecule has 0 radical (unpaired) electrons. The Balaban J connectivity index is 1.42. The van der Waals surface area contributed by atoms with E-state index in [9.17, 15) is 4.79 Å². The first-order valence-corrected chi connectivity index (χ1v) is 8.83. The number of esters is 1. The number of methoxy groups -OCH3 is 1. The van der Waals surface area contributed by atoms with Gasteiger partial charge in [-0.1, -0.05) is 17.4 Å². The maximum atomic E-state index is 12.2. The highest BCUT2D eigenvalue weighted by atomic mass is 32.1. The molecule has 6 nitrogen and oxygen atoms in total. The maximum absolute atomic E-state index is 12.2. The van der Waals surface area contributed by atoms with Gasteiger partial charge < -0.3 is 18.8 Å². The highest BCUT2D eigenvalue weighted by Crippen LogP contribution is 2.36. The summed E-state index contributed by atoms with van der Waals surface area (Å²) < 4.78 is 17.4. The molecule has 2 aromatic heterocycles. The standard InChI is InChI=1S/C18H18N2O4S/c1-10-7-13(11(2)23-10)17(21)24-12-8-20(9-12)18-19-16-14(22-3)5-4-6-15(16)25-18/h4-7,12H,8-9H2,1-3H3. The van der Waals surface area contributed by atoms with Crippen LogP contribution < -0.4 is 9.64 Å². The summed E-state index contributed by atoms with van der Waals surface area (Å²) in [5, 5.41) is 0.919. The van der Waals surface area contributed by atoms with Crippen LogP contribution in [0, 0.1) is 13.8 Å². The molecule has 1 fully saturated rings. The van der Waals surface area contributed by atoms with Gasteiger partial charge in [0.1, 0.15) is 34.5 Å². The lowest BCUT2D eigenvalue weighted by Gasteiger charge is -2.38. The summed E-state index contributed by atoms with van der Waals surface area (Å²) >= 11 is 1.61. The normalized spacial score (nSPS) is 14.6. The van der Waals surface area contributed by atoms with Gasteiger partial charge in [-0.25, -0.2) is 9.78 Å². The minimum atomic E-state index is -0.329. The number of aryl methyl sites for hydroxylation is 2. The van der Waals surface area contributed by atoms with Crippen LogP contribution in [0.15, 0.2) is 28.7 Å². The predicted molar refractivity (Wildman–Crippen MR) is 95.8 cm³/mol. The Hall–Kier alpha value is -2.54. The smallest absolute Gasteiger partial charge is 0.342 e. The molecule has 1 aliphatic heterocycles. The molecule has 3 heterocycles. The highest BCUT2D eigenvalue weighted by molar-refractivity contribution is 7.22. The third-order valence-electron chi connectivity index (χ3n) is 4.24. The number of furan rings is 1. The molecular formula is C18H18N2O4S. The Morgan fingerprint density at radius 1 is 1.36 bits per heavy atom. The van der Waals surface area contributed by atoms with E-state index in [1.54, 1.807) is 31.4 Å². The Morgan fingerprint density at radius 2 is 2.16 bits per heavy atom. The second-order valence-corrected chi connectivity index (χ2v) is 7.07. The van der Waals surface area contributed by atoms with Gasteiger partial charge >= 0.3 is 5.97 Å². The van der Waals surface area contributed by atoms with Gasteiger partial charge in [-0.15, -0.1) is 0 Å². The van der Waals surface area contributed by atoms with Gasteiger partial charge in [-0.2, -0.15) is 0 Å². The second kappa shape index (κ2) is 6.07. The zero-order valence-electron chi connectivity index (χ0n) is 14.2. The minimum Gasteiger partial charge on any atom is -0.494 e. The van der Waals surface area contributed by atoms with Gasteiger partial charge in [0.05, 0.1) is 24.9 Å². The van der Waals surface area contributed by atoms with Crippen LogP contribution in [0.5, 0.6) is 5.75 Å². The van der Waals surface area contributed by atoms with Crippen LogP contribution in [-0.2, 0) is 4.74 Å². The van der Waals surface area contributed by atoms with Gasteiger partial charge in [-0.3, -0.25) is 0 Å². The fourth-order valence-electron chi connectivity index (χ4n) is 2.93. The van der Waals surface area contributed by atoms with Crippen molar-refractivity contribution in [2.24, 2.45) is 0 Å². The summed E-state index contributed by atoms with van der Waals surface area (Å²) in [7, 11) is 1.65. The first kappa shape index (κ1) is 16.0. The summed E-state index contributed by atoms with van der Waals surface area (Å²) in [6, 6.07) is 7.61. The van der Waals surface area contributed by atoms with Gasteiger partial charge in [0.2, 0.25) is 0 Å². The molecule has 0 aliphatic carbocycles. The zero-order valence-corrected chi connectivity index (χ0v) is 15.1. The van der Waals surface area contributed by atoms with Gasteiger partial charge in [0.25, 0.3) is 0 Å². The number of ether oxygens (including phenoxy) is 2. The van der Waals surface area contributed by atoms with Crippen molar-refractivity contribution >= 4 is 32.7 Å². The van der Waals surface area contributed by atoms with E-state index in [1.165, 1.54) is 0 Å². The lowest BCUT2D eigenvalue weighted by Crippen LogP contribution is -2.53. The molecule has 4 rings (SSSR count). The van der Waals surface area contributed by atoms with Crippen LogP contribution in [0.1, 0.15) is 21.9 Å². The number of hydrogen-bond acceptors (Lipinski definition) is 7. The highest BCUT2D eigenvalue weighted by Gasteiger charge is 2.33. The number of nitrogens with zero attached hydrogens (tertiary/aromatic N) is 2. The van der Waals surface area contributed by atoms with E-state index in [0.717, 1.165) is 21.1 Å². The SMILES string of the molecule is COc1cccc2sc(N3CC(OC(=O)c4cc(C)oc4C)C3)nc12. The molecule has 0 saturated carbocycles. The number of hydrogen-bond donors (Lipinski definition) is 0. The molecule has 0 spiro atoms. The summed E-state index contributed by atoms with van der Waals surface area (Å²) in [5.74, 6) is 1.75. The van der Waals surface area contributed by atoms with Crippen molar-refractivity contribution in [3.8, 4) is 5.75 Å². The lowest BCUT2D eigenvalue weighted by molar-refractivity contribution is 0.0232. The number of aromatic nitrogens is 1. The Bertz CT molecular complexity index is 940. The van der Waals surface area contributed by atoms with Gasteiger partial charge in [0, 0.05) is 0 Å². The van der Waals surface area contributed by atoms with Crippen LogP contribution in [0.3, 0.4) is 0 Å². The number of rotatable bonds is 4. The third kappa shape index (κ3) is 2.84. The zero-order chi connectivity index (χ0) is 17.6. The van der Waals surface area contributed by atoms with Crippen molar-refractivity contribution in [1.82, 2.24) is 4.98 Å². The number of thiazole rings is 1. The number of carbonyl (C=O) groups is 1. The summed E-state index contributed by atoms with van der Waals surface area (Å²) in [6.45, 7) is 4.87. The minimum absolute atomic E-state index is 0.129. The second-order valence-electron chi connectivity index (χ2n) is 6.06. The molecular weight excluding hydrogens is 340 g/mol. The maximum Gasteiger partial charge on any atom is 0.342 e. The Morgan fingerprint density at radius 3 is 2.84 bits per heavy atom. The van der Waals surface area contributed by atoms with E-state index in [2.05, 4.69) is 9.88 Å². The molecule has 3 aromatic rings. The van der Waals surface area contributed by atoms with E-state index in [1.807, 2.05) is 25.1 Å². The molecule has 1 aliphatic rings. The molecule has 0 bridgehead atoms. The van der Waals surface area contributed by atoms with Crippen LogP contribution >= 0.6 is 11.3 Å². The van der Waals surface area contributed by atoms with Crippen molar-refractivity contribution in [3.05, 3.63) is 41.3 Å². The number of carbonyl (C=O) groups excluding carboxylic acids is 1. The van der Waals surface area contributed by atoms with Crippen molar-refractivity contribution in [2.45, 2.75) is 20.0 Å². The third-order valence-corrected chi connectivity index (χ3v) is 5.33. The Labute approximate surface area is 149 Å². The van der Waals surface area contributed by atoms with E-state index in [-0.39, 0.29) is 12.1 Å². The summed E-state index contributed by atoms with van der Waals surface area (Å²) in [6.07, 6.45) is -0.129. The molecule has 0 amide bonds. The van der Waals surface area contributed by atoms with Crippen LogP contribution in [0.2, 0.25) is 0 Å². The number of fused-ring (bicyclic) bond motifs is 1. The average Bonchev–Trinajstić information content (AvgIpc) is 3.12. The molecule has 25 heavy (non-hydrogen) atoms. The van der Waals surface area contributed by atoms with Crippen molar-refractivity contribution in [2.75, 3.05) is 25.1 Å². The quantitative estimate of drug-likeness (QED) is 0.665. The molecule has 0 N–H and O–H groups in total. The first-order chi connectivity index (χ1) is 12.0. The lowest BCUT2D eigenvalue weighted by atomic mass is 10.2. The van der Waals surface area contributed by atoms with E-state index in [0.29, 0.717) is 30.2 Å². The fourth-order valence-corrected chi connectivity index (χ4v) is 3.93. The molecule has 0 unspecified atom stereocenters. The number of anilines is 1. The first-order valence-electron chi connectivity index (χ1n) is 8.01. The number of para-hydroxylation sites is 1. The van der Waals surface area contributed by atoms with E-state index in [4.69, 9.17) is 13.9 Å². The van der Waals surface area contributed by atoms with Crippen molar-refractivity contribution in [3.63, 3.8) is 0 Å². The summed E-state index contributed by atoms with van der Waals surface area (Å²) in [5.41, 5.74) is 1.37. The van der Waals surface area contributed by atoms with Crippen LogP contribution in [0.25, 0.3) is 10.2 Å². The molecule has 1 aromatic carbocycles. The van der Waals surface area contributed by atoms with Crippen molar-refractivity contribution in [1.29, 1.82) is 0 Å². The van der Waals surface area contributed by atoms with Gasteiger partial charge in [0.15, 0.2) is 5.13 Å². The molecule has 1 saturated heterocycles. The molecule has 0 atom stereocenters. The van der Waals surface area contributed by atoms with Crippen LogP contribution in [-0.4, -0.2) is 37.3 Å². The van der Waals surface area contributed by atoms with Crippen molar-refractivity contribution < 1.29 is 18.7 Å². The average molecular weight is 358 g/mol. The summed E-state index contributed by atoms with van der Waals surface area (Å²) in [4.78, 5) is 19.0. The fraction of sp³-hybridized carbons (Fsp3) is 0.333. The van der Waals surface area contributed by atoms with E-state index < -0.39 is 0 Å². The topological polar surface area (TPSA) is 64.8 Å². The largest absolute Gasteiger partial charge is 0.494 e. The molecule has 7 heteroatoms. The van der Waals surface area contributed by atoms with E-state index >= 15 is 0 Å².